The van der Waals surface area contributed by atoms with Crippen molar-refractivity contribution in [2.45, 2.75) is 12.8 Å². The molecule has 0 bridgehead atoms. The number of aromatic nitrogens is 1. The predicted octanol–water partition coefficient (Wildman–Crippen LogP) is 2.47. The largest absolute Gasteiger partial charge is 0.490 e. The summed E-state index contributed by atoms with van der Waals surface area (Å²) in [5.41, 5.74) is 7.59. The number of ether oxygens (including phenoxy) is 2. The minimum absolute atomic E-state index is 0.656. The molecule has 19 heavy (non-hydrogen) atoms. The van der Waals surface area contributed by atoms with Crippen molar-refractivity contribution in [1.29, 1.82) is 0 Å². The van der Waals surface area contributed by atoms with Gasteiger partial charge in [0.25, 0.3) is 0 Å². The molecule has 0 radical (unpaired) electrons. The van der Waals surface area contributed by atoms with Crippen LogP contribution in [0.1, 0.15) is 11.3 Å². The second-order valence-corrected chi connectivity index (χ2v) is 5.32. The first-order valence-corrected chi connectivity index (χ1v) is 7.20. The van der Waals surface area contributed by atoms with Crippen molar-refractivity contribution in [1.82, 2.24) is 4.37 Å². The first-order chi connectivity index (χ1) is 9.36. The molecule has 1 aromatic carbocycles. The quantitative estimate of drug-likeness (QED) is 0.935. The molecule has 0 saturated heterocycles. The Hall–Kier alpha value is -1.59. The van der Waals surface area contributed by atoms with Crippen LogP contribution in [-0.4, -0.2) is 24.1 Å². The molecule has 1 aromatic heterocycles. The molecule has 4 nitrogen and oxygen atoms in total. The molecule has 100 valence electrons. The minimum Gasteiger partial charge on any atom is -0.490 e. The molecule has 0 fully saturated rings. The van der Waals surface area contributed by atoms with E-state index in [0.29, 0.717) is 19.8 Å². The number of nitrogens with zero attached hydrogens (tertiary/aromatic N) is 1. The molecule has 0 spiro atoms. The summed E-state index contributed by atoms with van der Waals surface area (Å²) in [6.45, 7) is 2.07. The van der Waals surface area contributed by atoms with Crippen LogP contribution in [0.2, 0.25) is 0 Å². The lowest BCUT2D eigenvalue weighted by Gasteiger charge is -2.07. The van der Waals surface area contributed by atoms with Crippen LogP contribution in [0.3, 0.4) is 0 Å². The fraction of sp³-hybridized carbons (Fsp3) is 0.357. The summed E-state index contributed by atoms with van der Waals surface area (Å²) in [6, 6.07) is 8.07. The van der Waals surface area contributed by atoms with E-state index in [-0.39, 0.29) is 0 Å². The van der Waals surface area contributed by atoms with Crippen LogP contribution in [0.4, 0.5) is 0 Å². The standard InChI is InChI=1S/C14H16N2O2S/c15-5-4-11-9-12(16-19-11)10-2-3-13-14(8-10)18-7-1-6-17-13/h2-3,8-9H,1,4-7,15H2. The molecule has 1 aliphatic heterocycles. The summed E-state index contributed by atoms with van der Waals surface area (Å²) in [5.74, 6) is 1.63. The molecule has 0 aliphatic carbocycles. The highest BCUT2D eigenvalue weighted by molar-refractivity contribution is 7.06. The van der Waals surface area contributed by atoms with Gasteiger partial charge in [-0.2, -0.15) is 4.37 Å². The number of hydrogen-bond donors (Lipinski definition) is 1. The fourth-order valence-corrected chi connectivity index (χ4v) is 2.78. The topological polar surface area (TPSA) is 57.4 Å². The van der Waals surface area contributed by atoms with Gasteiger partial charge in [0.15, 0.2) is 11.5 Å². The summed E-state index contributed by atoms with van der Waals surface area (Å²) in [4.78, 5) is 1.21. The highest BCUT2D eigenvalue weighted by Crippen LogP contribution is 2.34. The Morgan fingerprint density at radius 2 is 2.00 bits per heavy atom. The summed E-state index contributed by atoms with van der Waals surface area (Å²) >= 11 is 1.51. The number of benzene rings is 1. The van der Waals surface area contributed by atoms with E-state index < -0.39 is 0 Å². The molecule has 0 amide bonds. The summed E-state index contributed by atoms with van der Waals surface area (Å²) in [7, 11) is 0. The van der Waals surface area contributed by atoms with Crippen molar-refractivity contribution < 1.29 is 9.47 Å². The van der Waals surface area contributed by atoms with E-state index in [2.05, 4.69) is 10.4 Å². The average Bonchev–Trinajstić information content (AvgIpc) is 2.76. The van der Waals surface area contributed by atoms with Crippen LogP contribution in [0.5, 0.6) is 11.5 Å². The van der Waals surface area contributed by atoms with Gasteiger partial charge in [-0.15, -0.1) is 0 Å². The Labute approximate surface area is 116 Å². The van der Waals surface area contributed by atoms with Crippen molar-refractivity contribution in [3.05, 3.63) is 29.1 Å². The molecular weight excluding hydrogens is 260 g/mol. The second kappa shape index (κ2) is 5.59. The molecule has 1 aliphatic rings. The third-order valence-electron chi connectivity index (χ3n) is 2.99. The van der Waals surface area contributed by atoms with Gasteiger partial charge >= 0.3 is 0 Å². The molecule has 0 unspecified atom stereocenters. The summed E-state index contributed by atoms with van der Waals surface area (Å²) in [6.07, 6.45) is 1.80. The molecule has 2 N–H and O–H groups in total. The summed E-state index contributed by atoms with van der Waals surface area (Å²) < 4.78 is 15.8. The number of rotatable bonds is 3. The fourth-order valence-electron chi connectivity index (χ4n) is 2.03. The van der Waals surface area contributed by atoms with Crippen LogP contribution >= 0.6 is 11.5 Å². The Balaban J connectivity index is 1.89. The predicted molar refractivity (Wildman–Crippen MR) is 75.9 cm³/mol. The number of nitrogens with two attached hydrogens (primary N) is 1. The molecule has 3 rings (SSSR count). The molecule has 2 aromatic rings. The second-order valence-electron chi connectivity index (χ2n) is 4.43. The van der Waals surface area contributed by atoms with Crippen molar-refractivity contribution in [2.75, 3.05) is 19.8 Å². The van der Waals surface area contributed by atoms with Crippen molar-refractivity contribution in [3.8, 4) is 22.8 Å². The Bertz CT molecular complexity index is 568. The molecule has 2 heterocycles. The first kappa shape index (κ1) is 12.4. The van der Waals surface area contributed by atoms with Gasteiger partial charge < -0.3 is 15.2 Å². The lowest BCUT2D eigenvalue weighted by molar-refractivity contribution is 0.297. The summed E-state index contributed by atoms with van der Waals surface area (Å²) in [5, 5.41) is 0. The van der Waals surface area contributed by atoms with Gasteiger partial charge in [0.1, 0.15) is 0 Å². The third-order valence-corrected chi connectivity index (χ3v) is 3.84. The smallest absolute Gasteiger partial charge is 0.161 e. The minimum atomic E-state index is 0.656. The Kier molecular flexibility index (Phi) is 3.66. The molecule has 0 saturated carbocycles. The van der Waals surface area contributed by atoms with Crippen LogP contribution in [0, 0.1) is 0 Å². The third kappa shape index (κ3) is 2.72. The zero-order valence-corrected chi connectivity index (χ0v) is 11.4. The van der Waals surface area contributed by atoms with E-state index in [4.69, 9.17) is 15.2 Å². The maximum absolute atomic E-state index is 5.70. The lowest BCUT2D eigenvalue weighted by Crippen LogP contribution is -2.00. The van der Waals surface area contributed by atoms with Crippen LogP contribution in [0.25, 0.3) is 11.3 Å². The highest BCUT2D eigenvalue weighted by atomic mass is 32.1. The van der Waals surface area contributed by atoms with Crippen LogP contribution < -0.4 is 15.2 Å². The van der Waals surface area contributed by atoms with Gasteiger partial charge in [0, 0.05) is 16.9 Å². The van der Waals surface area contributed by atoms with Crippen molar-refractivity contribution in [2.24, 2.45) is 5.73 Å². The van der Waals surface area contributed by atoms with Crippen molar-refractivity contribution in [3.63, 3.8) is 0 Å². The van der Waals surface area contributed by atoms with Gasteiger partial charge in [-0.25, -0.2) is 0 Å². The molecule has 0 atom stereocenters. The highest BCUT2D eigenvalue weighted by Gasteiger charge is 2.12. The van der Waals surface area contributed by atoms with Gasteiger partial charge in [-0.3, -0.25) is 0 Å². The zero-order valence-electron chi connectivity index (χ0n) is 10.6. The normalized spacial score (nSPS) is 14.2. The number of fused-ring (bicyclic) bond motifs is 1. The Morgan fingerprint density at radius 3 is 2.84 bits per heavy atom. The van der Waals surface area contributed by atoms with E-state index in [1.165, 1.54) is 16.4 Å². The van der Waals surface area contributed by atoms with Crippen LogP contribution in [-0.2, 0) is 6.42 Å². The SMILES string of the molecule is NCCc1cc(-c2ccc3c(c2)OCCCO3)ns1. The lowest BCUT2D eigenvalue weighted by atomic mass is 10.1. The van der Waals surface area contributed by atoms with E-state index in [1.54, 1.807) is 0 Å². The first-order valence-electron chi connectivity index (χ1n) is 6.42. The maximum Gasteiger partial charge on any atom is 0.161 e. The molecular formula is C14H16N2O2S. The van der Waals surface area contributed by atoms with Crippen LogP contribution in [0.15, 0.2) is 24.3 Å². The zero-order chi connectivity index (χ0) is 13.1. The van der Waals surface area contributed by atoms with Gasteiger partial charge in [-0.1, -0.05) is 0 Å². The maximum atomic E-state index is 5.70. The van der Waals surface area contributed by atoms with E-state index >= 15 is 0 Å². The van der Waals surface area contributed by atoms with E-state index in [0.717, 1.165) is 35.6 Å². The van der Waals surface area contributed by atoms with Crippen molar-refractivity contribution >= 4 is 11.5 Å². The van der Waals surface area contributed by atoms with E-state index in [9.17, 15) is 0 Å². The van der Waals surface area contributed by atoms with Gasteiger partial charge in [0.05, 0.1) is 18.9 Å². The monoisotopic (exact) mass is 276 g/mol. The van der Waals surface area contributed by atoms with Gasteiger partial charge in [0.2, 0.25) is 0 Å². The van der Waals surface area contributed by atoms with E-state index in [1.807, 2.05) is 18.2 Å². The number of hydrogen-bond acceptors (Lipinski definition) is 5. The molecule has 5 heteroatoms. The Morgan fingerprint density at radius 1 is 1.16 bits per heavy atom. The average molecular weight is 276 g/mol. The van der Waals surface area contributed by atoms with Gasteiger partial charge in [-0.05, 0) is 48.8 Å².